The number of aromatic nitrogens is 1. The zero-order chi connectivity index (χ0) is 12.3. The van der Waals surface area contributed by atoms with Crippen LogP contribution in [0.2, 0.25) is 0 Å². The minimum absolute atomic E-state index is 0.278. The molecular weight excluding hydrogens is 210 g/mol. The fourth-order valence-electron chi connectivity index (χ4n) is 2.70. The third kappa shape index (κ3) is 2.44. The van der Waals surface area contributed by atoms with Gasteiger partial charge in [0.25, 0.3) is 0 Å². The van der Waals surface area contributed by atoms with Crippen LogP contribution in [0.3, 0.4) is 0 Å². The number of pyridine rings is 1. The van der Waals surface area contributed by atoms with E-state index in [0.717, 1.165) is 25.3 Å². The summed E-state index contributed by atoms with van der Waals surface area (Å²) in [4.78, 5) is 6.87. The Hall–Kier alpha value is -1.09. The first kappa shape index (κ1) is 12.4. The number of nitrogens with one attached hydrogen (secondary N) is 1. The van der Waals surface area contributed by atoms with Gasteiger partial charge in [0, 0.05) is 31.4 Å². The van der Waals surface area contributed by atoms with Crippen LogP contribution in [0.1, 0.15) is 32.4 Å². The third-order valence-corrected chi connectivity index (χ3v) is 4.05. The number of piperazine rings is 1. The molecule has 0 aromatic carbocycles. The van der Waals surface area contributed by atoms with Crippen molar-refractivity contribution >= 4 is 5.69 Å². The fraction of sp³-hybridized carbons (Fsp3) is 0.643. The van der Waals surface area contributed by atoms with Crippen LogP contribution < -0.4 is 10.2 Å². The Bertz CT molecular complexity index is 371. The highest BCUT2D eigenvalue weighted by molar-refractivity contribution is 5.50. The van der Waals surface area contributed by atoms with Gasteiger partial charge >= 0.3 is 0 Å². The van der Waals surface area contributed by atoms with Crippen LogP contribution in [0.5, 0.6) is 0 Å². The molecule has 17 heavy (non-hydrogen) atoms. The van der Waals surface area contributed by atoms with Gasteiger partial charge in [-0.05, 0) is 31.9 Å². The lowest BCUT2D eigenvalue weighted by Gasteiger charge is -2.44. The quantitative estimate of drug-likeness (QED) is 0.868. The molecule has 1 N–H and O–H groups in total. The lowest BCUT2D eigenvalue weighted by Crippen LogP contribution is -2.60. The predicted molar refractivity (Wildman–Crippen MR) is 72.5 cm³/mol. The average molecular weight is 233 g/mol. The van der Waals surface area contributed by atoms with Gasteiger partial charge in [0.05, 0.1) is 11.4 Å². The zero-order valence-corrected chi connectivity index (χ0v) is 11.2. The molecule has 1 aromatic rings. The monoisotopic (exact) mass is 233 g/mol. The lowest BCUT2D eigenvalue weighted by molar-refractivity contribution is 0.277. The molecule has 0 bridgehead atoms. The Morgan fingerprint density at radius 1 is 1.41 bits per heavy atom. The highest BCUT2D eigenvalue weighted by Crippen LogP contribution is 2.25. The summed E-state index contributed by atoms with van der Waals surface area (Å²) in [6.07, 6.45) is 4.23. The molecule has 1 aliphatic rings. The summed E-state index contributed by atoms with van der Waals surface area (Å²) in [6.45, 7) is 9.87. The number of hydrogen-bond acceptors (Lipinski definition) is 3. The highest BCUT2D eigenvalue weighted by Gasteiger charge is 2.32. The average Bonchev–Trinajstić information content (AvgIpc) is 2.39. The molecule has 2 heterocycles. The molecule has 0 spiro atoms. The van der Waals surface area contributed by atoms with Gasteiger partial charge in [-0.25, -0.2) is 0 Å². The fourth-order valence-corrected chi connectivity index (χ4v) is 2.70. The molecule has 0 atom stereocenters. The van der Waals surface area contributed by atoms with Gasteiger partial charge in [-0.2, -0.15) is 0 Å². The second kappa shape index (κ2) is 5.05. The molecule has 0 amide bonds. The van der Waals surface area contributed by atoms with E-state index in [1.54, 1.807) is 0 Å². The number of aryl methyl sites for hydroxylation is 1. The van der Waals surface area contributed by atoms with E-state index in [1.807, 2.05) is 12.3 Å². The summed E-state index contributed by atoms with van der Waals surface area (Å²) in [5.41, 5.74) is 2.70. The van der Waals surface area contributed by atoms with Crippen molar-refractivity contribution in [2.24, 2.45) is 0 Å². The molecular formula is C14H23N3. The van der Waals surface area contributed by atoms with Crippen LogP contribution in [0.25, 0.3) is 0 Å². The highest BCUT2D eigenvalue weighted by atomic mass is 15.2. The van der Waals surface area contributed by atoms with Gasteiger partial charge in [0.15, 0.2) is 0 Å². The van der Waals surface area contributed by atoms with E-state index >= 15 is 0 Å². The topological polar surface area (TPSA) is 28.2 Å². The SMILES string of the molecule is CCC1(CC)CN(c2cccnc2C)CCN1. The maximum Gasteiger partial charge on any atom is 0.0605 e. The molecule has 2 rings (SSSR count). The summed E-state index contributed by atoms with van der Waals surface area (Å²) < 4.78 is 0. The molecule has 0 unspecified atom stereocenters. The number of rotatable bonds is 3. The molecule has 3 heteroatoms. The Balaban J connectivity index is 2.20. The first-order valence-corrected chi connectivity index (χ1v) is 6.62. The van der Waals surface area contributed by atoms with E-state index < -0.39 is 0 Å². The van der Waals surface area contributed by atoms with E-state index in [9.17, 15) is 0 Å². The largest absolute Gasteiger partial charge is 0.367 e. The number of anilines is 1. The van der Waals surface area contributed by atoms with E-state index in [1.165, 1.54) is 18.5 Å². The summed E-state index contributed by atoms with van der Waals surface area (Å²) in [5.74, 6) is 0. The first-order valence-electron chi connectivity index (χ1n) is 6.62. The van der Waals surface area contributed by atoms with Crippen LogP contribution in [0.4, 0.5) is 5.69 Å². The van der Waals surface area contributed by atoms with Crippen LogP contribution in [0.15, 0.2) is 18.3 Å². The van der Waals surface area contributed by atoms with Crippen molar-refractivity contribution in [2.75, 3.05) is 24.5 Å². The summed E-state index contributed by atoms with van der Waals surface area (Å²) >= 11 is 0. The van der Waals surface area contributed by atoms with E-state index in [2.05, 4.69) is 42.0 Å². The van der Waals surface area contributed by atoms with Crippen LogP contribution in [0, 0.1) is 6.92 Å². The van der Waals surface area contributed by atoms with Crippen molar-refractivity contribution in [1.82, 2.24) is 10.3 Å². The van der Waals surface area contributed by atoms with Gasteiger partial charge in [0.2, 0.25) is 0 Å². The lowest BCUT2D eigenvalue weighted by atomic mass is 9.90. The molecule has 0 saturated carbocycles. The van der Waals surface area contributed by atoms with Gasteiger partial charge in [-0.15, -0.1) is 0 Å². The van der Waals surface area contributed by atoms with Crippen LogP contribution in [-0.2, 0) is 0 Å². The van der Waals surface area contributed by atoms with Crippen molar-refractivity contribution in [3.63, 3.8) is 0 Å². The van der Waals surface area contributed by atoms with Gasteiger partial charge < -0.3 is 10.2 Å². The summed E-state index contributed by atoms with van der Waals surface area (Å²) in [5, 5.41) is 3.69. The molecule has 1 aliphatic heterocycles. The zero-order valence-electron chi connectivity index (χ0n) is 11.2. The normalized spacial score (nSPS) is 19.4. The van der Waals surface area contributed by atoms with Crippen molar-refractivity contribution < 1.29 is 0 Å². The standard InChI is InChI=1S/C14H23N3/c1-4-14(5-2)11-17(10-9-16-14)13-7-6-8-15-12(13)3/h6-8,16H,4-5,9-11H2,1-3H3. The van der Waals surface area contributed by atoms with Crippen LogP contribution in [-0.4, -0.2) is 30.2 Å². The Morgan fingerprint density at radius 3 is 2.82 bits per heavy atom. The van der Waals surface area contributed by atoms with Gasteiger partial charge in [0.1, 0.15) is 0 Å². The molecule has 94 valence electrons. The van der Waals surface area contributed by atoms with E-state index in [4.69, 9.17) is 0 Å². The molecule has 0 radical (unpaired) electrons. The predicted octanol–water partition coefficient (Wildman–Crippen LogP) is 2.36. The number of hydrogen-bond donors (Lipinski definition) is 1. The van der Waals surface area contributed by atoms with Crippen molar-refractivity contribution in [3.05, 3.63) is 24.0 Å². The summed E-state index contributed by atoms with van der Waals surface area (Å²) in [7, 11) is 0. The van der Waals surface area contributed by atoms with E-state index in [0.29, 0.717) is 0 Å². The minimum Gasteiger partial charge on any atom is -0.367 e. The van der Waals surface area contributed by atoms with Crippen molar-refractivity contribution in [2.45, 2.75) is 39.2 Å². The first-order chi connectivity index (χ1) is 8.21. The Morgan fingerprint density at radius 2 is 2.18 bits per heavy atom. The smallest absolute Gasteiger partial charge is 0.0605 e. The molecule has 3 nitrogen and oxygen atoms in total. The van der Waals surface area contributed by atoms with Gasteiger partial charge in [-0.3, -0.25) is 4.98 Å². The maximum absolute atomic E-state index is 4.39. The van der Waals surface area contributed by atoms with Gasteiger partial charge in [-0.1, -0.05) is 13.8 Å². The molecule has 1 saturated heterocycles. The third-order valence-electron chi connectivity index (χ3n) is 4.05. The number of nitrogens with zero attached hydrogens (tertiary/aromatic N) is 2. The Kier molecular flexibility index (Phi) is 3.67. The van der Waals surface area contributed by atoms with Crippen molar-refractivity contribution in [3.8, 4) is 0 Å². The molecule has 1 fully saturated rings. The second-order valence-electron chi connectivity index (χ2n) is 4.94. The molecule has 1 aromatic heterocycles. The minimum atomic E-state index is 0.278. The summed E-state index contributed by atoms with van der Waals surface area (Å²) in [6, 6.07) is 4.22. The maximum atomic E-state index is 4.39. The van der Waals surface area contributed by atoms with Crippen LogP contribution >= 0.6 is 0 Å². The second-order valence-corrected chi connectivity index (χ2v) is 4.94. The van der Waals surface area contributed by atoms with Crippen molar-refractivity contribution in [1.29, 1.82) is 0 Å². The van der Waals surface area contributed by atoms with E-state index in [-0.39, 0.29) is 5.54 Å². The molecule has 0 aliphatic carbocycles. The Labute approximate surface area is 104 Å².